The Kier molecular flexibility index (Phi) is 4.08. The van der Waals surface area contributed by atoms with Gasteiger partial charge in [-0.15, -0.1) is 0 Å². The van der Waals surface area contributed by atoms with Crippen molar-refractivity contribution < 1.29 is 0 Å². The van der Waals surface area contributed by atoms with Crippen molar-refractivity contribution in [3.8, 4) is 4.09 Å². The van der Waals surface area contributed by atoms with Gasteiger partial charge in [0.05, 0.1) is 0 Å². The van der Waals surface area contributed by atoms with E-state index in [4.69, 9.17) is 0 Å². The second kappa shape index (κ2) is 6.15. The number of benzene rings is 3. The van der Waals surface area contributed by atoms with Gasteiger partial charge in [0.1, 0.15) is 0 Å². The summed E-state index contributed by atoms with van der Waals surface area (Å²) in [6.07, 6.45) is 0. The minimum absolute atomic E-state index is 1.20. The molecule has 0 heterocycles. The van der Waals surface area contributed by atoms with Crippen molar-refractivity contribution in [3.63, 3.8) is 0 Å². The van der Waals surface area contributed by atoms with Gasteiger partial charge in [0, 0.05) is 0 Å². The van der Waals surface area contributed by atoms with Crippen molar-refractivity contribution in [2.24, 2.45) is 0 Å². The Hall–Kier alpha value is -2.05. The first-order valence-electron chi connectivity index (χ1n) is 6.96. The van der Waals surface area contributed by atoms with Gasteiger partial charge < -0.3 is 0 Å². The van der Waals surface area contributed by atoms with Crippen LogP contribution in [0.25, 0.3) is 0 Å². The molecule has 100 valence electrons. The molecule has 3 aromatic carbocycles. The van der Waals surface area contributed by atoms with Crippen LogP contribution in [0.5, 0.6) is 0 Å². The average Bonchev–Trinajstić information content (AvgIpc) is 2.59. The molecule has 0 aliphatic rings. The molecule has 0 atom stereocenters. The Morgan fingerprint density at radius 1 is 0.524 bits per heavy atom. The third kappa shape index (κ3) is 2.48. The summed E-state index contributed by atoms with van der Waals surface area (Å²) < 4.78 is 6.38. The predicted octanol–water partition coefficient (Wildman–Crippen LogP) is 2.22. The van der Waals surface area contributed by atoms with E-state index in [0.29, 0.717) is 0 Å². The normalized spacial score (nSPS) is 10.8. The number of hydrogen-bond acceptors (Lipinski definition) is 1. The minimum atomic E-state index is -3.52. The quantitative estimate of drug-likeness (QED) is 0.644. The zero-order valence-electron chi connectivity index (χ0n) is 11.6. The number of rotatable bonds is 3. The fraction of sp³-hybridized carbons (Fsp3) is 0. The zero-order valence-corrected chi connectivity index (χ0v) is 14.5. The summed E-state index contributed by atoms with van der Waals surface area (Å²) in [5, 5.41) is 10.2. The van der Waals surface area contributed by atoms with Gasteiger partial charge in [0.15, 0.2) is 0 Å². The van der Waals surface area contributed by atoms with Gasteiger partial charge >= 0.3 is 129 Å². The summed E-state index contributed by atoms with van der Waals surface area (Å²) in [5.74, 6) is 0. The van der Waals surface area contributed by atoms with E-state index in [0.717, 1.165) is 0 Å². The molecule has 0 aliphatic heterocycles. The molecule has 1 nitrogen and oxygen atoms in total. The third-order valence-corrected chi connectivity index (χ3v) is 15.0. The molecule has 3 rings (SSSR count). The Labute approximate surface area is 129 Å². The van der Waals surface area contributed by atoms with Crippen LogP contribution in [-0.4, -0.2) is 18.4 Å². The predicted molar refractivity (Wildman–Crippen MR) is 89.6 cm³/mol. The van der Waals surface area contributed by atoms with Crippen LogP contribution in [0.1, 0.15) is 0 Å². The maximum absolute atomic E-state index is 10.2. The molecule has 0 radical (unpaired) electrons. The molecule has 21 heavy (non-hydrogen) atoms. The van der Waals surface area contributed by atoms with Crippen molar-refractivity contribution >= 4 is 29.1 Å². The van der Waals surface area contributed by atoms with Gasteiger partial charge in [-0.3, -0.25) is 0 Å². The van der Waals surface area contributed by atoms with Crippen LogP contribution in [0, 0.1) is 9.35 Å². The van der Waals surface area contributed by atoms with Crippen molar-refractivity contribution in [3.05, 3.63) is 91.0 Å². The average molecular weight is 376 g/mol. The van der Waals surface area contributed by atoms with Gasteiger partial charge in [-0.2, -0.15) is 0 Å². The standard InChI is InChI=1S/3C6H5.CN.Sn/c3*1-2-4-6-5-3-1;1-2;/h3*1-5H;;. The SMILES string of the molecule is N#[C][Sn]([c]1ccccc1)([c]1ccccc1)[c]1ccccc1. The molecule has 0 bridgehead atoms. The maximum atomic E-state index is 10.2. The Bertz CT molecular complexity index is 649. The fourth-order valence-corrected chi connectivity index (χ4v) is 12.6. The first kappa shape index (κ1) is 13.9. The van der Waals surface area contributed by atoms with Crippen molar-refractivity contribution in [1.82, 2.24) is 0 Å². The summed E-state index contributed by atoms with van der Waals surface area (Å²) in [6.45, 7) is 0. The molecule has 2 heteroatoms. The van der Waals surface area contributed by atoms with E-state index in [1.807, 2.05) is 54.6 Å². The monoisotopic (exact) mass is 377 g/mol. The van der Waals surface area contributed by atoms with Crippen molar-refractivity contribution in [2.45, 2.75) is 0 Å². The molecular formula is C19H15NSn. The van der Waals surface area contributed by atoms with Crippen LogP contribution in [0.3, 0.4) is 0 Å². The van der Waals surface area contributed by atoms with E-state index in [-0.39, 0.29) is 0 Å². The second-order valence-electron chi connectivity index (χ2n) is 4.96. The number of nitriles is 1. The third-order valence-electron chi connectivity index (χ3n) is 3.79. The Morgan fingerprint density at radius 2 is 0.810 bits per heavy atom. The van der Waals surface area contributed by atoms with E-state index >= 15 is 0 Å². The molecule has 0 unspecified atom stereocenters. The van der Waals surface area contributed by atoms with Crippen LogP contribution < -0.4 is 10.7 Å². The molecule has 0 saturated heterocycles. The molecule has 0 spiro atoms. The first-order valence-corrected chi connectivity index (χ1v) is 12.7. The van der Waals surface area contributed by atoms with Crippen LogP contribution >= 0.6 is 0 Å². The van der Waals surface area contributed by atoms with Crippen LogP contribution in [0.2, 0.25) is 0 Å². The summed E-state index contributed by atoms with van der Waals surface area (Å²) in [7, 11) is 0. The zero-order chi connectivity index (χ0) is 14.5. The second-order valence-corrected chi connectivity index (χ2v) is 14.8. The van der Waals surface area contributed by atoms with E-state index < -0.39 is 18.4 Å². The molecule has 3 aromatic rings. The molecular weight excluding hydrogens is 361 g/mol. The van der Waals surface area contributed by atoms with Gasteiger partial charge in [-0.1, -0.05) is 0 Å². The van der Waals surface area contributed by atoms with Crippen LogP contribution in [0.15, 0.2) is 91.0 Å². The summed E-state index contributed by atoms with van der Waals surface area (Å²) >= 11 is -3.52. The number of nitrogens with zero attached hydrogens (tertiary/aromatic N) is 1. The Morgan fingerprint density at radius 3 is 1.05 bits per heavy atom. The molecule has 0 aromatic heterocycles. The summed E-state index contributed by atoms with van der Waals surface area (Å²) in [5.41, 5.74) is 0. The van der Waals surface area contributed by atoms with E-state index in [9.17, 15) is 5.26 Å². The van der Waals surface area contributed by atoms with Crippen molar-refractivity contribution in [1.29, 1.82) is 5.26 Å². The van der Waals surface area contributed by atoms with E-state index in [1.165, 1.54) is 10.7 Å². The first-order chi connectivity index (χ1) is 10.4. The van der Waals surface area contributed by atoms with Crippen LogP contribution in [-0.2, 0) is 0 Å². The molecule has 0 N–H and O–H groups in total. The Balaban J connectivity index is 2.32. The van der Waals surface area contributed by atoms with Crippen LogP contribution in [0.4, 0.5) is 0 Å². The molecule has 0 amide bonds. The molecule has 0 fully saturated rings. The summed E-state index contributed by atoms with van der Waals surface area (Å²) in [6, 6.07) is 30.9. The number of hydrogen-bond donors (Lipinski definition) is 0. The molecule has 0 saturated carbocycles. The molecule has 0 aliphatic carbocycles. The van der Waals surface area contributed by atoms with Gasteiger partial charge in [0.2, 0.25) is 0 Å². The van der Waals surface area contributed by atoms with Crippen molar-refractivity contribution in [2.75, 3.05) is 0 Å². The van der Waals surface area contributed by atoms with E-state index in [2.05, 4.69) is 40.5 Å². The van der Waals surface area contributed by atoms with E-state index in [1.54, 1.807) is 0 Å². The van der Waals surface area contributed by atoms with Gasteiger partial charge in [-0.05, 0) is 0 Å². The topological polar surface area (TPSA) is 23.8 Å². The summed E-state index contributed by atoms with van der Waals surface area (Å²) in [4.78, 5) is 0. The fourth-order valence-electron chi connectivity index (χ4n) is 2.76. The van der Waals surface area contributed by atoms with Gasteiger partial charge in [-0.25, -0.2) is 0 Å². The van der Waals surface area contributed by atoms with Gasteiger partial charge in [0.25, 0.3) is 0 Å².